The normalized spacial score (nSPS) is 11.4. The molecule has 20 heavy (non-hydrogen) atoms. The van der Waals surface area contributed by atoms with E-state index in [1.807, 2.05) is 33.8 Å². The van der Waals surface area contributed by atoms with Gasteiger partial charge in [0.15, 0.2) is 5.76 Å². The number of anilines is 2. The highest BCUT2D eigenvalue weighted by molar-refractivity contribution is 5.53. The molecule has 6 heteroatoms. The van der Waals surface area contributed by atoms with Crippen molar-refractivity contribution in [1.82, 2.24) is 10.1 Å². The Balaban J connectivity index is 2.07. The number of nitrogens with two attached hydrogens (primary N) is 1. The van der Waals surface area contributed by atoms with E-state index in [0.717, 1.165) is 11.5 Å². The Hall–Kier alpha value is -2.24. The van der Waals surface area contributed by atoms with E-state index in [4.69, 9.17) is 15.0 Å². The van der Waals surface area contributed by atoms with Crippen LogP contribution in [0.15, 0.2) is 22.7 Å². The van der Waals surface area contributed by atoms with Crippen LogP contribution in [0.1, 0.15) is 32.2 Å². The van der Waals surface area contributed by atoms with Crippen molar-refractivity contribution < 1.29 is 9.26 Å². The van der Waals surface area contributed by atoms with E-state index in [0.29, 0.717) is 23.9 Å². The van der Waals surface area contributed by atoms with Gasteiger partial charge in [0.2, 0.25) is 5.88 Å². The number of nitrogens with zero attached hydrogens (tertiary/aromatic N) is 2. The molecule has 2 aromatic rings. The molecule has 2 aromatic heterocycles. The molecule has 0 aliphatic carbocycles. The summed E-state index contributed by atoms with van der Waals surface area (Å²) in [5.74, 6) is 1.85. The fourth-order valence-corrected chi connectivity index (χ4v) is 1.60. The first-order valence-corrected chi connectivity index (χ1v) is 6.45. The van der Waals surface area contributed by atoms with Gasteiger partial charge < -0.3 is 20.3 Å². The fourth-order valence-electron chi connectivity index (χ4n) is 1.60. The van der Waals surface area contributed by atoms with Gasteiger partial charge >= 0.3 is 0 Å². The SMILES string of the molecule is Cc1cc(CNc2ccc(N)c(OC(C)(C)C)n2)on1. The van der Waals surface area contributed by atoms with Crippen LogP contribution in [-0.4, -0.2) is 15.7 Å². The maximum absolute atomic E-state index is 5.86. The number of nitrogens with one attached hydrogen (secondary N) is 1. The van der Waals surface area contributed by atoms with Crippen LogP contribution in [0.25, 0.3) is 0 Å². The summed E-state index contributed by atoms with van der Waals surface area (Å²) in [5, 5.41) is 6.98. The quantitative estimate of drug-likeness (QED) is 0.893. The van der Waals surface area contributed by atoms with Crippen molar-refractivity contribution in [2.75, 3.05) is 11.1 Å². The first-order valence-electron chi connectivity index (χ1n) is 6.45. The third-order valence-electron chi connectivity index (χ3n) is 2.41. The average Bonchev–Trinajstić information content (AvgIpc) is 2.74. The number of aryl methyl sites for hydroxylation is 1. The van der Waals surface area contributed by atoms with Crippen molar-refractivity contribution in [3.05, 3.63) is 29.7 Å². The zero-order valence-electron chi connectivity index (χ0n) is 12.2. The third kappa shape index (κ3) is 3.88. The molecule has 0 saturated heterocycles. The number of rotatable bonds is 4. The maximum Gasteiger partial charge on any atom is 0.239 e. The van der Waals surface area contributed by atoms with E-state index in [1.165, 1.54) is 0 Å². The summed E-state index contributed by atoms with van der Waals surface area (Å²) < 4.78 is 10.8. The number of pyridine rings is 1. The summed E-state index contributed by atoms with van der Waals surface area (Å²) in [6.07, 6.45) is 0. The van der Waals surface area contributed by atoms with Gasteiger partial charge in [0, 0.05) is 6.07 Å². The van der Waals surface area contributed by atoms with E-state index < -0.39 is 0 Å². The van der Waals surface area contributed by atoms with Gasteiger partial charge in [-0.1, -0.05) is 5.16 Å². The lowest BCUT2D eigenvalue weighted by molar-refractivity contribution is 0.125. The molecule has 2 rings (SSSR count). The Morgan fingerprint density at radius 2 is 2.10 bits per heavy atom. The van der Waals surface area contributed by atoms with Crippen LogP contribution in [0.3, 0.4) is 0 Å². The highest BCUT2D eigenvalue weighted by atomic mass is 16.5. The highest BCUT2D eigenvalue weighted by Gasteiger charge is 2.15. The Labute approximate surface area is 118 Å². The van der Waals surface area contributed by atoms with Gasteiger partial charge in [0.1, 0.15) is 11.4 Å². The van der Waals surface area contributed by atoms with Crippen LogP contribution in [0.5, 0.6) is 5.88 Å². The van der Waals surface area contributed by atoms with Gasteiger partial charge in [0.25, 0.3) is 0 Å². The number of aromatic nitrogens is 2. The Kier molecular flexibility index (Phi) is 3.83. The fraction of sp³-hybridized carbons (Fsp3) is 0.429. The van der Waals surface area contributed by atoms with Gasteiger partial charge in [0.05, 0.1) is 17.9 Å². The van der Waals surface area contributed by atoms with Crippen LogP contribution >= 0.6 is 0 Å². The predicted octanol–water partition coefficient (Wildman–Crippen LogP) is 2.75. The molecule has 0 bridgehead atoms. The summed E-state index contributed by atoms with van der Waals surface area (Å²) in [6, 6.07) is 5.44. The van der Waals surface area contributed by atoms with Crippen molar-refractivity contribution in [2.24, 2.45) is 0 Å². The monoisotopic (exact) mass is 276 g/mol. The number of nitrogen functional groups attached to an aromatic ring is 1. The minimum atomic E-state index is -0.345. The smallest absolute Gasteiger partial charge is 0.239 e. The van der Waals surface area contributed by atoms with Crippen LogP contribution in [0.2, 0.25) is 0 Å². The van der Waals surface area contributed by atoms with Crippen molar-refractivity contribution >= 4 is 11.5 Å². The van der Waals surface area contributed by atoms with Gasteiger partial charge in [-0.25, -0.2) is 0 Å². The van der Waals surface area contributed by atoms with Gasteiger partial charge in [-0.3, -0.25) is 0 Å². The first-order chi connectivity index (χ1) is 9.33. The molecule has 0 radical (unpaired) electrons. The predicted molar refractivity (Wildman–Crippen MR) is 77.6 cm³/mol. The standard InChI is InChI=1S/C14H20N4O2/c1-9-7-10(20-18-9)8-16-12-6-5-11(15)13(17-12)19-14(2,3)4/h5-7H,8,15H2,1-4H3,(H,16,17). The Morgan fingerprint density at radius 3 is 2.70 bits per heavy atom. The second kappa shape index (κ2) is 5.40. The maximum atomic E-state index is 5.86. The van der Waals surface area contributed by atoms with Gasteiger partial charge in [-0.15, -0.1) is 0 Å². The van der Waals surface area contributed by atoms with E-state index in [-0.39, 0.29) is 5.60 Å². The molecule has 0 amide bonds. The molecule has 6 nitrogen and oxygen atoms in total. The molecule has 3 N–H and O–H groups in total. The molecule has 0 aromatic carbocycles. The molecule has 0 spiro atoms. The molecule has 2 heterocycles. The summed E-state index contributed by atoms with van der Waals surface area (Å²) in [4.78, 5) is 4.36. The van der Waals surface area contributed by atoms with Crippen molar-refractivity contribution in [3.63, 3.8) is 0 Å². The number of hydrogen-bond acceptors (Lipinski definition) is 6. The van der Waals surface area contributed by atoms with Crippen LogP contribution in [-0.2, 0) is 6.54 Å². The van der Waals surface area contributed by atoms with Gasteiger partial charge in [-0.05, 0) is 39.8 Å². The summed E-state index contributed by atoms with van der Waals surface area (Å²) in [5.41, 5.74) is 6.88. The van der Waals surface area contributed by atoms with Crippen LogP contribution in [0.4, 0.5) is 11.5 Å². The average molecular weight is 276 g/mol. The topological polar surface area (TPSA) is 86.2 Å². The van der Waals surface area contributed by atoms with Crippen LogP contribution < -0.4 is 15.8 Å². The van der Waals surface area contributed by atoms with Crippen LogP contribution in [0, 0.1) is 6.92 Å². The molecule has 0 unspecified atom stereocenters. The highest BCUT2D eigenvalue weighted by Crippen LogP contribution is 2.25. The largest absolute Gasteiger partial charge is 0.470 e. The van der Waals surface area contributed by atoms with Crippen molar-refractivity contribution in [3.8, 4) is 5.88 Å². The number of hydrogen-bond donors (Lipinski definition) is 2. The first kappa shape index (κ1) is 14.2. The molecule has 108 valence electrons. The lowest BCUT2D eigenvalue weighted by Crippen LogP contribution is -2.24. The minimum Gasteiger partial charge on any atom is -0.470 e. The van der Waals surface area contributed by atoms with Gasteiger partial charge in [-0.2, -0.15) is 4.98 Å². The van der Waals surface area contributed by atoms with E-state index in [1.54, 1.807) is 12.1 Å². The zero-order valence-corrected chi connectivity index (χ0v) is 12.2. The number of ether oxygens (including phenoxy) is 1. The second-order valence-corrected chi connectivity index (χ2v) is 5.59. The summed E-state index contributed by atoms with van der Waals surface area (Å²) >= 11 is 0. The minimum absolute atomic E-state index is 0.345. The molecule has 0 saturated carbocycles. The molecule has 0 aliphatic heterocycles. The molecular formula is C14H20N4O2. The lowest BCUT2D eigenvalue weighted by Gasteiger charge is -2.21. The Bertz CT molecular complexity index is 587. The summed E-state index contributed by atoms with van der Waals surface area (Å²) in [6.45, 7) is 8.24. The van der Waals surface area contributed by atoms with Crippen molar-refractivity contribution in [2.45, 2.75) is 39.8 Å². The molecule has 0 fully saturated rings. The molecule has 0 atom stereocenters. The Morgan fingerprint density at radius 1 is 1.35 bits per heavy atom. The van der Waals surface area contributed by atoms with E-state index in [2.05, 4.69) is 15.5 Å². The van der Waals surface area contributed by atoms with E-state index in [9.17, 15) is 0 Å². The molecule has 0 aliphatic rings. The zero-order chi connectivity index (χ0) is 14.8. The lowest BCUT2D eigenvalue weighted by atomic mass is 10.2. The van der Waals surface area contributed by atoms with Crippen molar-refractivity contribution in [1.29, 1.82) is 0 Å². The molecular weight excluding hydrogens is 256 g/mol. The summed E-state index contributed by atoms with van der Waals surface area (Å²) in [7, 11) is 0. The van der Waals surface area contributed by atoms with E-state index >= 15 is 0 Å². The second-order valence-electron chi connectivity index (χ2n) is 5.59. The third-order valence-corrected chi connectivity index (χ3v) is 2.41.